The van der Waals surface area contributed by atoms with Crippen LogP contribution in [-0.2, 0) is 6.54 Å². The van der Waals surface area contributed by atoms with Gasteiger partial charge in [-0.25, -0.2) is 14.6 Å². The number of anilines is 1. The Kier molecular flexibility index (Phi) is 4.75. The van der Waals surface area contributed by atoms with Crippen LogP contribution in [0.15, 0.2) is 18.5 Å². The molecule has 0 N–H and O–H groups in total. The SMILES string of the molecule is Cc1nsnc1Cn1nnc(C(=O)N2CCN(c3ncccn3)CC2)c1C. The molecule has 4 rings (SSSR count). The molecule has 0 radical (unpaired) electrons. The van der Waals surface area contributed by atoms with E-state index in [9.17, 15) is 4.79 Å². The maximum Gasteiger partial charge on any atom is 0.276 e. The van der Waals surface area contributed by atoms with Gasteiger partial charge in [0.05, 0.1) is 35.4 Å². The van der Waals surface area contributed by atoms with E-state index in [0.29, 0.717) is 44.4 Å². The van der Waals surface area contributed by atoms with Gasteiger partial charge < -0.3 is 9.80 Å². The summed E-state index contributed by atoms with van der Waals surface area (Å²) in [6, 6.07) is 1.79. The second-order valence-electron chi connectivity index (χ2n) is 6.31. The summed E-state index contributed by atoms with van der Waals surface area (Å²) >= 11 is 1.17. The maximum atomic E-state index is 12.9. The lowest BCUT2D eigenvalue weighted by Gasteiger charge is -2.34. The fourth-order valence-corrected chi connectivity index (χ4v) is 3.51. The Morgan fingerprint density at radius 1 is 1.11 bits per heavy atom. The van der Waals surface area contributed by atoms with E-state index < -0.39 is 0 Å². The van der Waals surface area contributed by atoms with Crippen molar-refractivity contribution in [2.45, 2.75) is 20.4 Å². The number of aromatic nitrogens is 7. The van der Waals surface area contributed by atoms with Gasteiger partial charge in [0.2, 0.25) is 5.95 Å². The van der Waals surface area contributed by atoms with Crippen molar-refractivity contribution in [3.8, 4) is 0 Å². The summed E-state index contributed by atoms with van der Waals surface area (Å²) in [5.41, 5.74) is 2.85. The van der Waals surface area contributed by atoms with E-state index in [1.54, 1.807) is 28.0 Å². The molecule has 1 fully saturated rings. The second-order valence-corrected chi connectivity index (χ2v) is 6.83. The van der Waals surface area contributed by atoms with Crippen LogP contribution in [0.2, 0.25) is 0 Å². The summed E-state index contributed by atoms with van der Waals surface area (Å²) < 4.78 is 10.1. The first-order valence-electron chi connectivity index (χ1n) is 8.63. The van der Waals surface area contributed by atoms with Crippen molar-refractivity contribution in [3.63, 3.8) is 0 Å². The number of piperazine rings is 1. The van der Waals surface area contributed by atoms with Crippen LogP contribution < -0.4 is 4.90 Å². The van der Waals surface area contributed by atoms with Gasteiger partial charge in [-0.2, -0.15) is 8.75 Å². The van der Waals surface area contributed by atoms with E-state index in [4.69, 9.17) is 0 Å². The lowest BCUT2D eigenvalue weighted by molar-refractivity contribution is 0.0739. The first-order chi connectivity index (χ1) is 13.1. The number of hydrogen-bond donors (Lipinski definition) is 0. The monoisotopic (exact) mass is 385 g/mol. The molecule has 1 aliphatic heterocycles. The minimum absolute atomic E-state index is 0.0968. The lowest BCUT2D eigenvalue weighted by Crippen LogP contribution is -2.49. The number of carbonyl (C=O) groups is 1. The van der Waals surface area contributed by atoms with Gasteiger partial charge in [0, 0.05) is 38.6 Å². The number of rotatable bonds is 4. The van der Waals surface area contributed by atoms with Gasteiger partial charge in [-0.1, -0.05) is 5.21 Å². The topological polar surface area (TPSA) is 106 Å². The molecular weight excluding hydrogens is 366 g/mol. The predicted octanol–water partition coefficient (Wildman–Crippen LogP) is 0.547. The predicted molar refractivity (Wildman–Crippen MR) is 98.7 cm³/mol. The highest BCUT2D eigenvalue weighted by atomic mass is 32.1. The van der Waals surface area contributed by atoms with Crippen LogP contribution >= 0.6 is 11.7 Å². The first kappa shape index (κ1) is 17.5. The highest BCUT2D eigenvalue weighted by molar-refractivity contribution is 6.99. The first-order valence-corrected chi connectivity index (χ1v) is 9.36. The molecule has 0 atom stereocenters. The molecular formula is C16H19N9OS. The van der Waals surface area contributed by atoms with Crippen molar-refractivity contribution in [1.82, 2.24) is 38.6 Å². The van der Waals surface area contributed by atoms with Crippen molar-refractivity contribution in [2.24, 2.45) is 0 Å². The average molecular weight is 385 g/mol. The molecule has 1 amide bonds. The molecule has 0 spiro atoms. The zero-order valence-corrected chi connectivity index (χ0v) is 15.9. The van der Waals surface area contributed by atoms with Crippen LogP contribution in [0.5, 0.6) is 0 Å². The van der Waals surface area contributed by atoms with Gasteiger partial charge in [-0.15, -0.1) is 5.10 Å². The van der Waals surface area contributed by atoms with Crippen LogP contribution in [0.1, 0.15) is 27.6 Å². The minimum atomic E-state index is -0.0968. The number of amides is 1. The van der Waals surface area contributed by atoms with E-state index in [2.05, 4.69) is 33.9 Å². The third-order valence-electron chi connectivity index (χ3n) is 4.63. The molecule has 140 valence electrons. The summed E-state index contributed by atoms with van der Waals surface area (Å²) in [5.74, 6) is 0.597. The third kappa shape index (κ3) is 3.50. The Balaban J connectivity index is 1.42. The normalized spacial score (nSPS) is 14.6. The Labute approximate surface area is 160 Å². The molecule has 0 bridgehead atoms. The Morgan fingerprint density at radius 3 is 2.52 bits per heavy atom. The minimum Gasteiger partial charge on any atom is -0.337 e. The molecule has 4 heterocycles. The van der Waals surface area contributed by atoms with Crippen LogP contribution in [-0.4, -0.2) is 70.7 Å². The number of carbonyl (C=O) groups excluding carboxylic acids is 1. The zero-order chi connectivity index (χ0) is 18.8. The van der Waals surface area contributed by atoms with Gasteiger partial charge in [-0.05, 0) is 19.9 Å². The fourth-order valence-electron chi connectivity index (χ4n) is 2.96. The van der Waals surface area contributed by atoms with Crippen molar-refractivity contribution in [1.29, 1.82) is 0 Å². The van der Waals surface area contributed by atoms with Gasteiger partial charge in [0.15, 0.2) is 5.69 Å². The molecule has 0 aromatic carbocycles. The van der Waals surface area contributed by atoms with Crippen LogP contribution in [0.3, 0.4) is 0 Å². The molecule has 11 heteroatoms. The van der Waals surface area contributed by atoms with Crippen molar-refractivity contribution in [2.75, 3.05) is 31.1 Å². The van der Waals surface area contributed by atoms with Gasteiger partial charge in [0.25, 0.3) is 5.91 Å². The molecule has 1 saturated heterocycles. The molecule has 10 nitrogen and oxygen atoms in total. The summed E-state index contributed by atoms with van der Waals surface area (Å²) in [7, 11) is 0. The number of nitrogens with zero attached hydrogens (tertiary/aromatic N) is 9. The average Bonchev–Trinajstić information content (AvgIpc) is 3.28. The second kappa shape index (κ2) is 7.35. The van der Waals surface area contributed by atoms with Crippen LogP contribution in [0.25, 0.3) is 0 Å². The Morgan fingerprint density at radius 2 is 1.85 bits per heavy atom. The molecule has 0 unspecified atom stereocenters. The largest absolute Gasteiger partial charge is 0.337 e. The van der Waals surface area contributed by atoms with Gasteiger partial charge >= 0.3 is 0 Å². The summed E-state index contributed by atoms with van der Waals surface area (Å²) in [6.45, 7) is 6.80. The van der Waals surface area contributed by atoms with E-state index in [1.807, 2.05) is 13.8 Å². The molecule has 3 aromatic rings. The smallest absolute Gasteiger partial charge is 0.276 e. The molecule has 3 aromatic heterocycles. The quantitative estimate of drug-likeness (QED) is 0.641. The molecule has 27 heavy (non-hydrogen) atoms. The zero-order valence-electron chi connectivity index (χ0n) is 15.1. The summed E-state index contributed by atoms with van der Waals surface area (Å²) in [5, 5.41) is 8.25. The van der Waals surface area contributed by atoms with Crippen molar-refractivity contribution >= 4 is 23.6 Å². The highest BCUT2D eigenvalue weighted by Gasteiger charge is 2.27. The third-order valence-corrected chi connectivity index (χ3v) is 5.29. The molecule has 0 saturated carbocycles. The van der Waals surface area contributed by atoms with Crippen LogP contribution in [0.4, 0.5) is 5.95 Å². The van der Waals surface area contributed by atoms with Gasteiger partial charge in [0.1, 0.15) is 0 Å². The Bertz CT molecular complexity index is 931. The fraction of sp³-hybridized carbons (Fsp3) is 0.438. The molecule has 1 aliphatic rings. The van der Waals surface area contributed by atoms with E-state index >= 15 is 0 Å². The summed E-state index contributed by atoms with van der Waals surface area (Å²) in [4.78, 5) is 25.3. The van der Waals surface area contributed by atoms with Crippen LogP contribution in [0, 0.1) is 13.8 Å². The van der Waals surface area contributed by atoms with Crippen molar-refractivity contribution < 1.29 is 4.79 Å². The Hall–Kier alpha value is -2.95. The van der Waals surface area contributed by atoms with E-state index in [-0.39, 0.29) is 5.91 Å². The summed E-state index contributed by atoms with van der Waals surface area (Å²) in [6.07, 6.45) is 3.45. The highest BCUT2D eigenvalue weighted by Crippen LogP contribution is 2.15. The maximum absolute atomic E-state index is 12.9. The van der Waals surface area contributed by atoms with E-state index in [1.165, 1.54) is 11.7 Å². The number of hydrogen-bond acceptors (Lipinski definition) is 9. The standard InChI is InChI=1S/C16H19N9OS/c1-11-13(21-27-20-11)10-25-12(2)14(19-22-25)15(26)23-6-8-24(9-7-23)16-17-4-3-5-18-16/h3-5H,6-10H2,1-2H3. The lowest BCUT2D eigenvalue weighted by atomic mass is 10.2. The number of aryl methyl sites for hydroxylation is 1. The molecule has 0 aliphatic carbocycles. The van der Waals surface area contributed by atoms with Crippen molar-refractivity contribution in [3.05, 3.63) is 41.2 Å². The van der Waals surface area contributed by atoms with Gasteiger partial charge in [-0.3, -0.25) is 4.79 Å². The van der Waals surface area contributed by atoms with E-state index in [0.717, 1.165) is 17.1 Å².